The van der Waals surface area contributed by atoms with Crippen LogP contribution < -0.4 is 5.32 Å². The lowest BCUT2D eigenvalue weighted by atomic mass is 10.1. The zero-order valence-electron chi connectivity index (χ0n) is 12.9. The van der Waals surface area contributed by atoms with Gasteiger partial charge in [-0.25, -0.2) is 9.78 Å². The summed E-state index contributed by atoms with van der Waals surface area (Å²) in [6, 6.07) is 9.22. The lowest BCUT2D eigenvalue weighted by Gasteiger charge is -2.06. The predicted octanol–water partition coefficient (Wildman–Crippen LogP) is 3.12. The number of ketones is 1. The number of carbonyl (C=O) groups excluding carboxylic acids is 3. The van der Waals surface area contributed by atoms with Crippen LogP contribution >= 0.6 is 11.6 Å². The molecule has 0 aliphatic rings. The van der Waals surface area contributed by atoms with Gasteiger partial charge >= 0.3 is 5.97 Å². The van der Waals surface area contributed by atoms with E-state index in [-0.39, 0.29) is 17.4 Å². The molecule has 0 spiro atoms. The molecule has 0 aliphatic heterocycles. The number of nitrogens with zero attached hydrogens (tertiary/aromatic N) is 1. The molecule has 0 bridgehead atoms. The number of halogens is 1. The summed E-state index contributed by atoms with van der Waals surface area (Å²) in [5.41, 5.74) is 1.00. The number of pyridine rings is 1. The minimum Gasteiger partial charge on any atom is -0.453 e. The molecule has 1 amide bonds. The summed E-state index contributed by atoms with van der Waals surface area (Å²) in [7, 11) is 0. The van der Waals surface area contributed by atoms with Crippen LogP contribution in [0.5, 0.6) is 0 Å². The minimum atomic E-state index is -0.724. The molecule has 2 rings (SSSR count). The van der Waals surface area contributed by atoms with E-state index in [0.717, 1.165) is 0 Å². The maximum absolute atomic E-state index is 12.0. The number of Topliss-reactive ketones (excluding diaryl/α,β-unsaturated/α-hetero) is 1. The van der Waals surface area contributed by atoms with Crippen LogP contribution in [0.1, 0.15) is 34.2 Å². The number of anilines is 1. The quantitative estimate of drug-likeness (QED) is 0.641. The number of rotatable bonds is 6. The molecule has 7 heteroatoms. The zero-order chi connectivity index (χ0) is 17.5. The molecule has 1 N–H and O–H groups in total. The maximum Gasteiger partial charge on any atom is 0.357 e. The molecule has 0 saturated carbocycles. The van der Waals surface area contributed by atoms with E-state index in [1.165, 1.54) is 18.3 Å². The fourth-order valence-corrected chi connectivity index (χ4v) is 1.95. The highest BCUT2D eigenvalue weighted by Crippen LogP contribution is 2.12. The fourth-order valence-electron chi connectivity index (χ4n) is 1.79. The Balaban J connectivity index is 1.92. The van der Waals surface area contributed by atoms with Crippen LogP contribution in [0.25, 0.3) is 0 Å². The van der Waals surface area contributed by atoms with Gasteiger partial charge < -0.3 is 10.1 Å². The second kappa shape index (κ2) is 8.21. The molecule has 24 heavy (non-hydrogen) atoms. The van der Waals surface area contributed by atoms with Gasteiger partial charge in [0.05, 0.1) is 0 Å². The molecule has 1 heterocycles. The first-order chi connectivity index (χ1) is 11.5. The monoisotopic (exact) mass is 346 g/mol. The number of esters is 1. The van der Waals surface area contributed by atoms with E-state index in [9.17, 15) is 14.4 Å². The molecular weight excluding hydrogens is 332 g/mol. The highest BCUT2D eigenvalue weighted by molar-refractivity contribution is 6.30. The number of ether oxygens (including phenoxy) is 1. The number of aromatic nitrogens is 1. The van der Waals surface area contributed by atoms with E-state index in [0.29, 0.717) is 22.7 Å². The Morgan fingerprint density at radius 3 is 2.50 bits per heavy atom. The zero-order valence-corrected chi connectivity index (χ0v) is 13.7. The summed E-state index contributed by atoms with van der Waals surface area (Å²) in [6.07, 6.45) is 1.75. The van der Waals surface area contributed by atoms with Gasteiger partial charge in [-0.15, -0.1) is 0 Å². The molecule has 124 valence electrons. The van der Waals surface area contributed by atoms with Gasteiger partial charge in [-0.3, -0.25) is 9.59 Å². The van der Waals surface area contributed by atoms with Crippen LogP contribution in [-0.4, -0.2) is 29.3 Å². The number of hydrogen-bond acceptors (Lipinski definition) is 5. The van der Waals surface area contributed by atoms with Crippen LogP contribution in [0.4, 0.5) is 5.69 Å². The Labute approximate surface area is 143 Å². The van der Waals surface area contributed by atoms with Gasteiger partial charge in [0.2, 0.25) is 5.91 Å². The normalized spacial score (nSPS) is 10.1. The third-order valence-electron chi connectivity index (χ3n) is 3.08. The van der Waals surface area contributed by atoms with E-state index >= 15 is 0 Å². The molecule has 0 aliphatic carbocycles. The van der Waals surface area contributed by atoms with E-state index in [2.05, 4.69) is 10.3 Å². The lowest BCUT2D eigenvalue weighted by molar-refractivity contribution is -0.115. The molecule has 0 unspecified atom stereocenters. The molecule has 2 aromatic rings. The topological polar surface area (TPSA) is 85.4 Å². The summed E-state index contributed by atoms with van der Waals surface area (Å²) >= 11 is 5.76. The Morgan fingerprint density at radius 1 is 1.17 bits per heavy atom. The first-order valence-electron chi connectivity index (χ1n) is 7.21. The molecule has 1 aromatic heterocycles. The Kier molecular flexibility index (Phi) is 6.03. The number of carbonyl (C=O) groups is 3. The SMILES string of the molecule is CCC(=O)Nc1ccc(C(=O)COC(=O)c2cc(Cl)ccn2)cc1. The molecule has 0 fully saturated rings. The average Bonchev–Trinajstić information content (AvgIpc) is 2.59. The van der Waals surface area contributed by atoms with E-state index in [1.54, 1.807) is 31.2 Å². The van der Waals surface area contributed by atoms with Gasteiger partial charge in [-0.2, -0.15) is 0 Å². The van der Waals surface area contributed by atoms with Crippen LogP contribution in [0.3, 0.4) is 0 Å². The third kappa shape index (κ3) is 4.89. The second-order valence-corrected chi connectivity index (χ2v) is 5.27. The minimum absolute atomic E-state index is 0.0351. The van der Waals surface area contributed by atoms with Crippen LogP contribution in [0.15, 0.2) is 42.6 Å². The van der Waals surface area contributed by atoms with Crippen molar-refractivity contribution in [2.75, 3.05) is 11.9 Å². The molecule has 0 atom stereocenters. The Bertz CT molecular complexity index is 759. The van der Waals surface area contributed by atoms with Crippen LogP contribution in [-0.2, 0) is 9.53 Å². The maximum atomic E-state index is 12.0. The van der Waals surface area contributed by atoms with Gasteiger partial charge in [0.15, 0.2) is 12.4 Å². The summed E-state index contributed by atoms with van der Waals surface area (Å²) in [5, 5.41) is 3.03. The van der Waals surface area contributed by atoms with E-state index in [1.807, 2.05) is 0 Å². The van der Waals surface area contributed by atoms with Gasteiger partial charge in [-0.1, -0.05) is 18.5 Å². The summed E-state index contributed by atoms with van der Waals surface area (Å²) < 4.78 is 4.93. The van der Waals surface area contributed by atoms with Crippen molar-refractivity contribution >= 4 is 34.9 Å². The van der Waals surface area contributed by atoms with Gasteiger partial charge in [-0.05, 0) is 36.4 Å². The Hall–Kier alpha value is -2.73. The summed E-state index contributed by atoms with van der Waals surface area (Å²) in [4.78, 5) is 38.9. The molecule has 0 radical (unpaired) electrons. The fraction of sp³-hybridized carbons (Fsp3) is 0.176. The van der Waals surface area contributed by atoms with Crippen molar-refractivity contribution in [1.29, 1.82) is 0 Å². The summed E-state index contributed by atoms with van der Waals surface area (Å²) in [5.74, 6) is -1.20. The van der Waals surface area contributed by atoms with Gasteiger partial charge in [0.1, 0.15) is 5.69 Å². The third-order valence-corrected chi connectivity index (χ3v) is 3.31. The van der Waals surface area contributed by atoms with Crippen molar-refractivity contribution in [2.45, 2.75) is 13.3 Å². The van der Waals surface area contributed by atoms with E-state index in [4.69, 9.17) is 16.3 Å². The molecule has 0 saturated heterocycles. The van der Waals surface area contributed by atoms with Gasteiger partial charge in [0, 0.05) is 28.9 Å². The lowest BCUT2D eigenvalue weighted by Crippen LogP contribution is -2.15. The molecular formula is C17H15ClN2O4. The number of amides is 1. The highest BCUT2D eigenvalue weighted by Gasteiger charge is 2.13. The Morgan fingerprint density at radius 2 is 1.88 bits per heavy atom. The highest BCUT2D eigenvalue weighted by atomic mass is 35.5. The first-order valence-corrected chi connectivity index (χ1v) is 7.59. The smallest absolute Gasteiger partial charge is 0.357 e. The molecule has 6 nitrogen and oxygen atoms in total. The second-order valence-electron chi connectivity index (χ2n) is 4.84. The van der Waals surface area contributed by atoms with Gasteiger partial charge in [0.25, 0.3) is 0 Å². The van der Waals surface area contributed by atoms with Crippen molar-refractivity contribution in [3.05, 3.63) is 58.9 Å². The number of benzene rings is 1. The van der Waals surface area contributed by atoms with Crippen molar-refractivity contribution < 1.29 is 19.1 Å². The largest absolute Gasteiger partial charge is 0.453 e. The van der Waals surface area contributed by atoms with Crippen molar-refractivity contribution in [3.63, 3.8) is 0 Å². The van der Waals surface area contributed by atoms with Crippen molar-refractivity contribution in [2.24, 2.45) is 0 Å². The number of nitrogens with one attached hydrogen (secondary N) is 1. The predicted molar refractivity (Wildman–Crippen MR) is 89.2 cm³/mol. The molecule has 1 aromatic carbocycles. The average molecular weight is 347 g/mol. The van der Waals surface area contributed by atoms with Crippen molar-refractivity contribution in [3.8, 4) is 0 Å². The standard InChI is InChI=1S/C17H15ClN2O4/c1-2-16(22)20-13-5-3-11(4-6-13)15(21)10-24-17(23)14-9-12(18)7-8-19-14/h3-9H,2,10H2,1H3,(H,20,22). The number of hydrogen-bond donors (Lipinski definition) is 1. The van der Waals surface area contributed by atoms with Crippen LogP contribution in [0.2, 0.25) is 5.02 Å². The van der Waals surface area contributed by atoms with Crippen molar-refractivity contribution in [1.82, 2.24) is 4.98 Å². The first kappa shape index (κ1) is 17.6. The van der Waals surface area contributed by atoms with Crippen LogP contribution in [0, 0.1) is 0 Å². The summed E-state index contributed by atoms with van der Waals surface area (Å²) in [6.45, 7) is 1.34. The van der Waals surface area contributed by atoms with E-state index < -0.39 is 12.6 Å².